The molecule has 3 aliphatic rings. The number of benzene rings is 1. The number of piperidine rings is 3. The lowest BCUT2D eigenvalue weighted by atomic mass is 9.84. The van der Waals surface area contributed by atoms with E-state index in [0.29, 0.717) is 17.4 Å². The summed E-state index contributed by atoms with van der Waals surface area (Å²) in [7, 11) is 0. The Morgan fingerprint density at radius 3 is 2.68 bits per heavy atom. The highest BCUT2D eigenvalue weighted by Crippen LogP contribution is 2.28. The number of rotatable bonds is 3. The number of amides is 1. The van der Waals surface area contributed by atoms with Gasteiger partial charge in [-0.05, 0) is 31.8 Å². The molecule has 1 aromatic carbocycles. The Labute approximate surface area is 129 Å². The SMILES string of the molecule is O=C(N[C@H]1CN2CCC1CC2)c1cc(-c2ccccc2)on1. The van der Waals surface area contributed by atoms with Crippen molar-refractivity contribution < 1.29 is 9.32 Å². The van der Waals surface area contributed by atoms with E-state index in [2.05, 4.69) is 15.4 Å². The van der Waals surface area contributed by atoms with Crippen LogP contribution in [0.15, 0.2) is 40.9 Å². The molecule has 0 aliphatic carbocycles. The number of aromatic nitrogens is 1. The van der Waals surface area contributed by atoms with Gasteiger partial charge in [-0.3, -0.25) is 4.79 Å². The summed E-state index contributed by atoms with van der Waals surface area (Å²) in [4.78, 5) is 14.8. The van der Waals surface area contributed by atoms with Crippen molar-refractivity contribution >= 4 is 5.91 Å². The lowest BCUT2D eigenvalue weighted by Crippen LogP contribution is -2.57. The molecule has 3 aliphatic heterocycles. The summed E-state index contributed by atoms with van der Waals surface area (Å²) >= 11 is 0. The Bertz CT molecular complexity index is 660. The molecule has 2 bridgehead atoms. The molecule has 0 saturated carbocycles. The molecule has 22 heavy (non-hydrogen) atoms. The number of hydrogen-bond acceptors (Lipinski definition) is 4. The van der Waals surface area contributed by atoms with Crippen LogP contribution in [0, 0.1) is 5.92 Å². The van der Waals surface area contributed by atoms with Crippen molar-refractivity contribution in [1.82, 2.24) is 15.4 Å². The Balaban J connectivity index is 1.46. The first-order valence-electron chi connectivity index (χ1n) is 7.85. The second-order valence-electron chi connectivity index (χ2n) is 6.16. The Hall–Kier alpha value is -2.14. The highest BCUT2D eigenvalue weighted by Gasteiger charge is 2.35. The second-order valence-corrected chi connectivity index (χ2v) is 6.16. The van der Waals surface area contributed by atoms with Gasteiger partial charge >= 0.3 is 0 Å². The van der Waals surface area contributed by atoms with Crippen LogP contribution in [0.3, 0.4) is 0 Å². The third-order valence-electron chi connectivity index (χ3n) is 4.77. The molecule has 1 N–H and O–H groups in total. The summed E-state index contributed by atoms with van der Waals surface area (Å²) in [6.45, 7) is 3.29. The molecule has 4 heterocycles. The monoisotopic (exact) mass is 297 g/mol. The van der Waals surface area contributed by atoms with Crippen molar-refractivity contribution in [2.45, 2.75) is 18.9 Å². The summed E-state index contributed by atoms with van der Waals surface area (Å²) in [6.07, 6.45) is 2.36. The van der Waals surface area contributed by atoms with Gasteiger partial charge in [-0.15, -0.1) is 0 Å². The normalized spacial score (nSPS) is 26.8. The highest BCUT2D eigenvalue weighted by molar-refractivity contribution is 5.93. The third kappa shape index (κ3) is 2.52. The maximum atomic E-state index is 12.4. The summed E-state index contributed by atoms with van der Waals surface area (Å²) in [5, 5.41) is 7.05. The van der Waals surface area contributed by atoms with Crippen molar-refractivity contribution in [2.75, 3.05) is 19.6 Å². The molecule has 1 aromatic heterocycles. The van der Waals surface area contributed by atoms with E-state index in [9.17, 15) is 4.79 Å². The molecule has 0 spiro atoms. The van der Waals surface area contributed by atoms with Crippen molar-refractivity contribution in [3.63, 3.8) is 0 Å². The number of carbonyl (C=O) groups is 1. The van der Waals surface area contributed by atoms with Crippen LogP contribution in [0.4, 0.5) is 0 Å². The van der Waals surface area contributed by atoms with Gasteiger partial charge in [0.1, 0.15) is 0 Å². The molecule has 3 fully saturated rings. The van der Waals surface area contributed by atoms with E-state index in [1.54, 1.807) is 6.07 Å². The fourth-order valence-corrected chi connectivity index (χ4v) is 3.49. The van der Waals surface area contributed by atoms with Gasteiger partial charge in [0.2, 0.25) is 0 Å². The Morgan fingerprint density at radius 2 is 2.00 bits per heavy atom. The molecule has 1 amide bonds. The van der Waals surface area contributed by atoms with Gasteiger partial charge in [0.05, 0.1) is 0 Å². The maximum absolute atomic E-state index is 12.4. The number of nitrogens with zero attached hydrogens (tertiary/aromatic N) is 2. The highest BCUT2D eigenvalue weighted by atomic mass is 16.5. The molecule has 5 nitrogen and oxygen atoms in total. The molecule has 3 saturated heterocycles. The van der Waals surface area contributed by atoms with Crippen LogP contribution in [-0.2, 0) is 0 Å². The quantitative estimate of drug-likeness (QED) is 0.943. The summed E-state index contributed by atoms with van der Waals surface area (Å²) < 4.78 is 5.30. The molecular weight excluding hydrogens is 278 g/mol. The smallest absolute Gasteiger partial charge is 0.273 e. The van der Waals surface area contributed by atoms with Gasteiger partial charge in [0.15, 0.2) is 11.5 Å². The van der Waals surface area contributed by atoms with Gasteiger partial charge in [-0.1, -0.05) is 35.5 Å². The average molecular weight is 297 g/mol. The van der Waals surface area contributed by atoms with E-state index in [1.807, 2.05) is 30.3 Å². The van der Waals surface area contributed by atoms with Crippen LogP contribution in [0.25, 0.3) is 11.3 Å². The van der Waals surface area contributed by atoms with Gasteiger partial charge in [0.25, 0.3) is 5.91 Å². The van der Waals surface area contributed by atoms with Crippen LogP contribution in [0.2, 0.25) is 0 Å². The van der Waals surface area contributed by atoms with E-state index in [4.69, 9.17) is 4.52 Å². The van der Waals surface area contributed by atoms with Crippen LogP contribution >= 0.6 is 0 Å². The minimum atomic E-state index is -0.135. The van der Waals surface area contributed by atoms with Crippen molar-refractivity contribution in [1.29, 1.82) is 0 Å². The van der Waals surface area contributed by atoms with Gasteiger partial charge in [-0.2, -0.15) is 0 Å². The van der Waals surface area contributed by atoms with E-state index < -0.39 is 0 Å². The average Bonchev–Trinajstić information content (AvgIpc) is 3.07. The van der Waals surface area contributed by atoms with Gasteiger partial charge in [-0.25, -0.2) is 0 Å². The molecule has 5 heteroatoms. The Morgan fingerprint density at radius 1 is 1.23 bits per heavy atom. The molecule has 1 atom stereocenters. The summed E-state index contributed by atoms with van der Waals surface area (Å²) in [6, 6.07) is 11.7. The molecular formula is C17H19N3O2. The lowest BCUT2D eigenvalue weighted by Gasteiger charge is -2.44. The fourth-order valence-electron chi connectivity index (χ4n) is 3.49. The second kappa shape index (κ2) is 5.57. The fraction of sp³-hybridized carbons (Fsp3) is 0.412. The van der Waals surface area contributed by atoms with Crippen LogP contribution in [0.1, 0.15) is 23.3 Å². The largest absolute Gasteiger partial charge is 0.355 e. The predicted octanol–water partition coefficient (Wildman–Crippen LogP) is 2.17. The first kappa shape index (κ1) is 13.5. The first-order chi connectivity index (χ1) is 10.8. The molecule has 2 aromatic rings. The number of nitrogens with one attached hydrogen (secondary N) is 1. The number of hydrogen-bond donors (Lipinski definition) is 1. The van der Waals surface area contributed by atoms with Gasteiger partial charge < -0.3 is 14.7 Å². The van der Waals surface area contributed by atoms with E-state index >= 15 is 0 Å². The summed E-state index contributed by atoms with van der Waals surface area (Å²) in [5.74, 6) is 1.10. The number of fused-ring (bicyclic) bond motifs is 3. The zero-order valence-electron chi connectivity index (χ0n) is 12.4. The van der Waals surface area contributed by atoms with Crippen LogP contribution in [0.5, 0.6) is 0 Å². The van der Waals surface area contributed by atoms with Crippen LogP contribution < -0.4 is 5.32 Å². The molecule has 0 unspecified atom stereocenters. The van der Waals surface area contributed by atoms with E-state index in [-0.39, 0.29) is 11.9 Å². The summed E-state index contributed by atoms with van der Waals surface area (Å²) in [5.41, 5.74) is 1.28. The lowest BCUT2D eigenvalue weighted by molar-refractivity contribution is 0.0616. The topological polar surface area (TPSA) is 58.4 Å². The minimum Gasteiger partial charge on any atom is -0.355 e. The van der Waals surface area contributed by atoms with Crippen molar-refractivity contribution in [3.05, 3.63) is 42.1 Å². The van der Waals surface area contributed by atoms with Crippen LogP contribution in [-0.4, -0.2) is 41.6 Å². The maximum Gasteiger partial charge on any atom is 0.273 e. The Kier molecular flexibility index (Phi) is 3.42. The zero-order chi connectivity index (χ0) is 14.9. The number of carbonyl (C=O) groups excluding carboxylic acids is 1. The first-order valence-corrected chi connectivity index (χ1v) is 7.85. The molecule has 5 rings (SSSR count). The standard InChI is InChI=1S/C17H19N3O2/c21-17(18-15-11-20-8-6-12(15)7-9-20)14-10-16(22-19-14)13-4-2-1-3-5-13/h1-5,10,12,15H,6-9,11H2,(H,18,21)/t15-/m0/s1. The third-order valence-corrected chi connectivity index (χ3v) is 4.77. The predicted molar refractivity (Wildman–Crippen MR) is 82.4 cm³/mol. The van der Waals surface area contributed by atoms with Crippen molar-refractivity contribution in [3.8, 4) is 11.3 Å². The zero-order valence-corrected chi connectivity index (χ0v) is 12.4. The van der Waals surface area contributed by atoms with E-state index in [0.717, 1.165) is 12.1 Å². The minimum absolute atomic E-state index is 0.135. The molecule has 0 radical (unpaired) electrons. The molecule has 114 valence electrons. The van der Waals surface area contributed by atoms with E-state index in [1.165, 1.54) is 25.9 Å². The van der Waals surface area contributed by atoms with Gasteiger partial charge in [0, 0.05) is 24.2 Å². The van der Waals surface area contributed by atoms with Crippen molar-refractivity contribution in [2.24, 2.45) is 5.92 Å².